The fraction of sp³-hybridized carbons (Fsp3) is 0.276. The molecule has 0 radical (unpaired) electrons. The first kappa shape index (κ1) is 23.6. The molecule has 1 aliphatic heterocycles. The number of ether oxygens (including phenoxy) is 2. The molecule has 182 valence electrons. The van der Waals surface area contributed by atoms with Crippen LogP contribution in [0.25, 0.3) is 33.6 Å². The van der Waals surface area contributed by atoms with Gasteiger partial charge in [-0.1, -0.05) is 19.1 Å². The summed E-state index contributed by atoms with van der Waals surface area (Å²) < 4.78 is 17.9. The van der Waals surface area contributed by atoms with Crippen LogP contribution in [0.1, 0.15) is 41.3 Å². The van der Waals surface area contributed by atoms with Crippen molar-refractivity contribution >= 4 is 17.0 Å². The molecular formula is C29H27N3O4. The van der Waals surface area contributed by atoms with E-state index in [4.69, 9.17) is 13.9 Å². The number of nitrogens with one attached hydrogen (secondary N) is 1. The molecule has 5 rings (SSSR count). The van der Waals surface area contributed by atoms with Crippen molar-refractivity contribution in [1.82, 2.24) is 10.3 Å². The molecule has 0 aliphatic carbocycles. The smallest absolute Gasteiger partial charge is 0.251 e. The molecule has 0 saturated carbocycles. The normalized spacial score (nSPS) is 13.9. The Bertz CT molecular complexity index is 1460. The lowest BCUT2D eigenvalue weighted by molar-refractivity contribution is 0.0254. The Morgan fingerprint density at radius 3 is 2.72 bits per heavy atom. The Kier molecular flexibility index (Phi) is 6.70. The first-order chi connectivity index (χ1) is 17.6. The Balaban J connectivity index is 1.52. The number of nitrogens with zero attached hydrogens (tertiary/aromatic N) is 2. The highest BCUT2D eigenvalue weighted by atomic mass is 16.5. The van der Waals surface area contributed by atoms with E-state index in [9.17, 15) is 10.1 Å². The first-order valence-corrected chi connectivity index (χ1v) is 12.1. The zero-order valence-electron chi connectivity index (χ0n) is 20.3. The number of furan rings is 1. The van der Waals surface area contributed by atoms with Crippen molar-refractivity contribution in [2.24, 2.45) is 0 Å². The van der Waals surface area contributed by atoms with Gasteiger partial charge < -0.3 is 19.2 Å². The number of carbonyl (C=O) groups excluding carboxylic acids is 1. The highest BCUT2D eigenvalue weighted by Crippen LogP contribution is 2.36. The summed E-state index contributed by atoms with van der Waals surface area (Å²) in [5, 5.41) is 12.5. The maximum atomic E-state index is 12.1. The number of hydrogen-bond acceptors (Lipinski definition) is 6. The number of carbonyl (C=O) groups is 1. The molecule has 1 amide bonds. The van der Waals surface area contributed by atoms with Gasteiger partial charge in [-0.3, -0.25) is 9.78 Å². The third-order valence-corrected chi connectivity index (χ3v) is 6.53. The number of rotatable bonds is 6. The molecule has 3 heterocycles. The van der Waals surface area contributed by atoms with Crippen molar-refractivity contribution in [2.75, 3.05) is 20.3 Å². The molecule has 0 spiro atoms. The summed E-state index contributed by atoms with van der Waals surface area (Å²) in [5.41, 5.74) is 6.09. The molecule has 1 aliphatic rings. The van der Waals surface area contributed by atoms with Gasteiger partial charge in [0.2, 0.25) is 0 Å². The summed E-state index contributed by atoms with van der Waals surface area (Å²) >= 11 is 0. The molecule has 4 aromatic rings. The quantitative estimate of drug-likeness (QED) is 0.390. The molecule has 0 atom stereocenters. The van der Waals surface area contributed by atoms with Crippen molar-refractivity contribution in [1.29, 1.82) is 5.26 Å². The van der Waals surface area contributed by atoms with Crippen LogP contribution in [-0.2, 0) is 11.2 Å². The summed E-state index contributed by atoms with van der Waals surface area (Å²) in [6.07, 6.45) is 4.18. The summed E-state index contributed by atoms with van der Waals surface area (Å²) in [7, 11) is 1.62. The summed E-state index contributed by atoms with van der Waals surface area (Å²) in [5.74, 6) is 1.15. The van der Waals surface area contributed by atoms with E-state index in [1.54, 1.807) is 19.3 Å². The number of hydrogen-bond donors (Lipinski definition) is 1. The zero-order chi connectivity index (χ0) is 25.1. The summed E-state index contributed by atoms with van der Waals surface area (Å²) in [6, 6.07) is 17.3. The van der Waals surface area contributed by atoms with Gasteiger partial charge in [0, 0.05) is 48.8 Å². The van der Waals surface area contributed by atoms with Crippen molar-refractivity contribution in [3.63, 3.8) is 0 Å². The van der Waals surface area contributed by atoms with Crippen molar-refractivity contribution < 1.29 is 18.7 Å². The van der Waals surface area contributed by atoms with Crippen LogP contribution in [0.5, 0.6) is 5.75 Å². The third-order valence-electron chi connectivity index (χ3n) is 6.53. The van der Waals surface area contributed by atoms with Crippen LogP contribution in [0.2, 0.25) is 0 Å². The van der Waals surface area contributed by atoms with Gasteiger partial charge in [0.05, 0.1) is 18.8 Å². The van der Waals surface area contributed by atoms with Gasteiger partial charge in [-0.15, -0.1) is 0 Å². The van der Waals surface area contributed by atoms with E-state index < -0.39 is 0 Å². The van der Waals surface area contributed by atoms with Gasteiger partial charge in [0.15, 0.2) is 5.58 Å². The van der Waals surface area contributed by atoms with Crippen molar-refractivity contribution in [2.45, 2.75) is 32.3 Å². The van der Waals surface area contributed by atoms with Crippen LogP contribution in [0, 0.1) is 11.3 Å². The molecule has 2 aromatic carbocycles. The molecule has 36 heavy (non-hydrogen) atoms. The van der Waals surface area contributed by atoms with Crippen LogP contribution in [0.3, 0.4) is 0 Å². The number of pyridine rings is 1. The molecule has 7 heteroatoms. The van der Waals surface area contributed by atoms with E-state index in [1.165, 1.54) is 0 Å². The molecule has 1 N–H and O–H groups in total. The molecule has 0 bridgehead atoms. The lowest BCUT2D eigenvalue weighted by atomic mass is 9.99. The lowest BCUT2D eigenvalue weighted by Gasteiger charge is -2.23. The SMILES string of the molecule is CCc1cc(C(=O)NC)ccc1-c1cc2nccc(-c3ccc(OC4CCOCC4)c(C#N)c3)c2o1. The Labute approximate surface area is 209 Å². The van der Waals surface area contributed by atoms with Gasteiger partial charge in [0.1, 0.15) is 29.2 Å². The van der Waals surface area contributed by atoms with Crippen LogP contribution in [0.4, 0.5) is 0 Å². The van der Waals surface area contributed by atoms with Gasteiger partial charge in [-0.05, 0) is 47.9 Å². The topological polar surface area (TPSA) is 97.4 Å². The molecule has 2 aromatic heterocycles. The van der Waals surface area contributed by atoms with E-state index in [0.717, 1.165) is 47.0 Å². The number of amides is 1. The van der Waals surface area contributed by atoms with Crippen LogP contribution in [0.15, 0.2) is 59.1 Å². The number of aryl methyl sites for hydroxylation is 1. The first-order valence-electron chi connectivity index (χ1n) is 12.1. The molecular weight excluding hydrogens is 454 g/mol. The van der Waals surface area contributed by atoms with Crippen LogP contribution < -0.4 is 10.1 Å². The predicted molar refractivity (Wildman–Crippen MR) is 137 cm³/mol. The van der Waals surface area contributed by atoms with Crippen LogP contribution in [-0.4, -0.2) is 37.3 Å². The molecule has 1 saturated heterocycles. The average Bonchev–Trinajstić information content (AvgIpc) is 3.37. The van der Waals surface area contributed by atoms with Gasteiger partial charge in [-0.2, -0.15) is 5.26 Å². The predicted octanol–water partition coefficient (Wildman–Crippen LogP) is 5.51. The van der Waals surface area contributed by atoms with E-state index in [1.807, 2.05) is 49.4 Å². The Morgan fingerprint density at radius 2 is 1.97 bits per heavy atom. The highest BCUT2D eigenvalue weighted by Gasteiger charge is 2.19. The maximum absolute atomic E-state index is 12.1. The average molecular weight is 482 g/mol. The lowest BCUT2D eigenvalue weighted by Crippen LogP contribution is -2.26. The minimum absolute atomic E-state index is 0.0551. The standard InChI is InChI=1S/C29H27N3O4/c1-3-18-14-20(29(33)31-2)4-6-23(18)27-16-25-28(36-27)24(8-11-32-25)19-5-7-26(21(15-19)17-30)35-22-9-12-34-13-10-22/h4-8,11,14-16,22H,3,9-10,12-13H2,1-2H3,(H,31,33). The Hall–Kier alpha value is -4.15. The minimum Gasteiger partial charge on any atom is -0.489 e. The maximum Gasteiger partial charge on any atom is 0.251 e. The monoisotopic (exact) mass is 481 g/mol. The molecule has 1 fully saturated rings. The van der Waals surface area contributed by atoms with E-state index in [0.29, 0.717) is 41.4 Å². The second kappa shape index (κ2) is 10.2. The number of benzene rings is 2. The van der Waals surface area contributed by atoms with E-state index in [2.05, 4.69) is 16.4 Å². The summed E-state index contributed by atoms with van der Waals surface area (Å²) in [6.45, 7) is 3.40. The van der Waals surface area contributed by atoms with E-state index >= 15 is 0 Å². The van der Waals surface area contributed by atoms with Crippen molar-refractivity contribution in [3.8, 4) is 34.3 Å². The van der Waals surface area contributed by atoms with Crippen LogP contribution >= 0.6 is 0 Å². The second-order valence-electron chi connectivity index (χ2n) is 8.74. The second-order valence-corrected chi connectivity index (χ2v) is 8.74. The van der Waals surface area contributed by atoms with Gasteiger partial charge in [-0.25, -0.2) is 0 Å². The number of aromatic nitrogens is 1. The number of nitriles is 1. The fourth-order valence-corrected chi connectivity index (χ4v) is 4.57. The zero-order valence-corrected chi connectivity index (χ0v) is 20.3. The number of fused-ring (bicyclic) bond motifs is 1. The Morgan fingerprint density at radius 1 is 1.14 bits per heavy atom. The molecule has 7 nitrogen and oxygen atoms in total. The van der Waals surface area contributed by atoms with Crippen molar-refractivity contribution in [3.05, 3.63) is 71.4 Å². The largest absolute Gasteiger partial charge is 0.489 e. The highest BCUT2D eigenvalue weighted by molar-refractivity contribution is 5.96. The molecule has 0 unspecified atom stereocenters. The minimum atomic E-state index is -0.123. The van der Waals surface area contributed by atoms with Gasteiger partial charge in [0.25, 0.3) is 5.91 Å². The summed E-state index contributed by atoms with van der Waals surface area (Å²) in [4.78, 5) is 16.6. The van der Waals surface area contributed by atoms with E-state index in [-0.39, 0.29) is 12.0 Å². The van der Waals surface area contributed by atoms with Gasteiger partial charge >= 0.3 is 0 Å². The fourth-order valence-electron chi connectivity index (χ4n) is 4.57. The third kappa shape index (κ3) is 4.56.